The molecule has 0 atom stereocenters. The second kappa shape index (κ2) is 6.98. The Morgan fingerprint density at radius 1 is 1.39 bits per heavy atom. The maximum atomic E-state index is 11.6. The zero-order valence-electron chi connectivity index (χ0n) is 10.2. The van der Waals surface area contributed by atoms with Crippen molar-refractivity contribution in [3.05, 3.63) is 28.8 Å². The van der Waals surface area contributed by atoms with Gasteiger partial charge in [0.05, 0.1) is 17.2 Å². The third kappa shape index (κ3) is 4.01. The molecule has 0 saturated heterocycles. The first-order valence-electron chi connectivity index (χ1n) is 5.34. The quantitative estimate of drug-likeness (QED) is 0.833. The minimum absolute atomic E-state index is 0.0582. The molecule has 0 radical (unpaired) electrons. The summed E-state index contributed by atoms with van der Waals surface area (Å²) in [6.45, 7) is 1.91. The Balaban J connectivity index is 2.86. The van der Waals surface area contributed by atoms with E-state index in [1.54, 1.807) is 13.0 Å². The van der Waals surface area contributed by atoms with Gasteiger partial charge in [-0.05, 0) is 25.1 Å². The number of carbonyl (C=O) groups excluding carboxylic acids is 2. The first kappa shape index (κ1) is 14.5. The van der Waals surface area contributed by atoms with Crippen molar-refractivity contribution in [1.82, 2.24) is 0 Å². The second-order valence-corrected chi connectivity index (χ2v) is 3.80. The molecule has 0 heterocycles. The van der Waals surface area contributed by atoms with Crippen molar-refractivity contribution in [1.29, 1.82) is 0 Å². The molecule has 0 spiro atoms. The summed E-state index contributed by atoms with van der Waals surface area (Å²) in [6, 6.07) is 4.59. The molecule has 1 rings (SSSR count). The van der Waals surface area contributed by atoms with Crippen LogP contribution in [0.15, 0.2) is 18.2 Å². The van der Waals surface area contributed by atoms with E-state index in [2.05, 4.69) is 10.1 Å². The number of esters is 1. The van der Waals surface area contributed by atoms with Crippen LogP contribution in [0.2, 0.25) is 5.02 Å². The highest BCUT2D eigenvalue weighted by atomic mass is 35.5. The van der Waals surface area contributed by atoms with Crippen molar-refractivity contribution in [3.8, 4) is 0 Å². The fourth-order valence-corrected chi connectivity index (χ4v) is 1.49. The molecule has 0 bridgehead atoms. The molecule has 0 aliphatic heterocycles. The van der Waals surface area contributed by atoms with E-state index in [0.29, 0.717) is 5.69 Å². The maximum absolute atomic E-state index is 11.6. The molecule has 0 unspecified atom stereocenters. The summed E-state index contributed by atoms with van der Waals surface area (Å²) >= 11 is 5.89. The Kier molecular flexibility index (Phi) is 5.61. The van der Waals surface area contributed by atoms with E-state index >= 15 is 0 Å². The van der Waals surface area contributed by atoms with E-state index < -0.39 is 5.97 Å². The number of hydrogen-bond donors (Lipinski definition) is 1. The summed E-state index contributed by atoms with van der Waals surface area (Å²) in [5.74, 6) is -0.833. The van der Waals surface area contributed by atoms with Gasteiger partial charge in [0.15, 0.2) is 0 Å². The van der Waals surface area contributed by atoms with Gasteiger partial charge in [-0.3, -0.25) is 4.79 Å². The standard InChI is InChI=1S/C12H14ClNO4/c1-3-18-12(16)9-6-8(4-5-10(9)13)14-11(15)7-17-2/h4-6H,3,7H2,1-2H3,(H,14,15). The van der Waals surface area contributed by atoms with E-state index in [-0.39, 0.29) is 29.7 Å². The topological polar surface area (TPSA) is 64.6 Å². The minimum Gasteiger partial charge on any atom is -0.462 e. The Labute approximate surface area is 110 Å². The molecule has 18 heavy (non-hydrogen) atoms. The summed E-state index contributed by atoms with van der Waals surface area (Å²) in [5.41, 5.74) is 0.679. The molecule has 0 saturated carbocycles. The molecule has 0 fully saturated rings. The summed E-state index contributed by atoms with van der Waals surface area (Å²) in [4.78, 5) is 22.9. The number of anilines is 1. The fraction of sp³-hybridized carbons (Fsp3) is 0.333. The third-order valence-corrected chi connectivity index (χ3v) is 2.35. The average Bonchev–Trinajstić information content (AvgIpc) is 2.32. The number of carbonyl (C=O) groups is 2. The molecule has 0 aliphatic rings. The molecular weight excluding hydrogens is 258 g/mol. The molecule has 1 N–H and O–H groups in total. The highest BCUT2D eigenvalue weighted by Gasteiger charge is 2.13. The Hall–Kier alpha value is -1.59. The number of hydrogen-bond acceptors (Lipinski definition) is 4. The predicted molar refractivity (Wildman–Crippen MR) is 67.9 cm³/mol. The smallest absolute Gasteiger partial charge is 0.339 e. The van der Waals surface area contributed by atoms with Crippen LogP contribution < -0.4 is 5.32 Å². The van der Waals surface area contributed by atoms with Gasteiger partial charge in [-0.1, -0.05) is 11.6 Å². The molecule has 6 heteroatoms. The Bertz CT molecular complexity index is 448. The van der Waals surface area contributed by atoms with Crippen LogP contribution >= 0.6 is 11.6 Å². The fourth-order valence-electron chi connectivity index (χ4n) is 1.30. The summed E-state index contributed by atoms with van der Waals surface area (Å²) < 4.78 is 9.54. The van der Waals surface area contributed by atoms with Crippen LogP contribution in [0.25, 0.3) is 0 Å². The van der Waals surface area contributed by atoms with Gasteiger partial charge < -0.3 is 14.8 Å². The predicted octanol–water partition coefficient (Wildman–Crippen LogP) is 2.10. The lowest BCUT2D eigenvalue weighted by Gasteiger charge is -2.08. The first-order chi connectivity index (χ1) is 8.58. The van der Waals surface area contributed by atoms with Crippen LogP contribution in [-0.4, -0.2) is 32.2 Å². The van der Waals surface area contributed by atoms with E-state index in [9.17, 15) is 9.59 Å². The Morgan fingerprint density at radius 2 is 2.11 bits per heavy atom. The monoisotopic (exact) mass is 271 g/mol. The molecule has 0 aliphatic carbocycles. The van der Waals surface area contributed by atoms with Gasteiger partial charge in [0.1, 0.15) is 6.61 Å². The van der Waals surface area contributed by atoms with E-state index in [1.807, 2.05) is 0 Å². The number of ether oxygens (including phenoxy) is 2. The van der Waals surface area contributed by atoms with Gasteiger partial charge >= 0.3 is 5.97 Å². The van der Waals surface area contributed by atoms with Crippen molar-refractivity contribution in [2.45, 2.75) is 6.92 Å². The van der Waals surface area contributed by atoms with Crippen LogP contribution in [0.1, 0.15) is 17.3 Å². The van der Waals surface area contributed by atoms with Gasteiger partial charge in [0.2, 0.25) is 5.91 Å². The van der Waals surface area contributed by atoms with Crippen molar-refractivity contribution < 1.29 is 19.1 Å². The van der Waals surface area contributed by atoms with Crippen LogP contribution in [0.5, 0.6) is 0 Å². The van der Waals surface area contributed by atoms with Gasteiger partial charge in [0.25, 0.3) is 0 Å². The number of rotatable bonds is 5. The van der Waals surface area contributed by atoms with Crippen molar-refractivity contribution in [3.63, 3.8) is 0 Å². The number of amides is 1. The maximum Gasteiger partial charge on any atom is 0.339 e. The highest BCUT2D eigenvalue weighted by molar-refractivity contribution is 6.33. The van der Waals surface area contributed by atoms with Crippen molar-refractivity contribution in [2.75, 3.05) is 25.6 Å². The van der Waals surface area contributed by atoms with Gasteiger partial charge in [-0.25, -0.2) is 4.79 Å². The lowest BCUT2D eigenvalue weighted by atomic mass is 10.2. The van der Waals surface area contributed by atoms with Crippen molar-refractivity contribution in [2.24, 2.45) is 0 Å². The molecule has 1 aromatic carbocycles. The van der Waals surface area contributed by atoms with Gasteiger partial charge in [-0.15, -0.1) is 0 Å². The molecule has 0 aromatic heterocycles. The van der Waals surface area contributed by atoms with Gasteiger partial charge in [0, 0.05) is 12.8 Å². The Morgan fingerprint density at radius 3 is 2.72 bits per heavy atom. The molecule has 1 aromatic rings. The third-order valence-electron chi connectivity index (χ3n) is 2.02. The number of halogens is 1. The lowest BCUT2D eigenvalue weighted by molar-refractivity contribution is -0.119. The molecule has 1 amide bonds. The number of nitrogens with one attached hydrogen (secondary N) is 1. The molecular formula is C12H14ClNO4. The normalized spacial score (nSPS) is 9.94. The molecule has 5 nitrogen and oxygen atoms in total. The largest absolute Gasteiger partial charge is 0.462 e. The van der Waals surface area contributed by atoms with E-state index in [4.69, 9.17) is 16.3 Å². The van der Waals surface area contributed by atoms with Crippen LogP contribution in [0.3, 0.4) is 0 Å². The van der Waals surface area contributed by atoms with Crippen LogP contribution in [0.4, 0.5) is 5.69 Å². The molecule has 98 valence electrons. The van der Waals surface area contributed by atoms with Gasteiger partial charge in [-0.2, -0.15) is 0 Å². The van der Waals surface area contributed by atoms with Crippen LogP contribution in [0, 0.1) is 0 Å². The van der Waals surface area contributed by atoms with Crippen molar-refractivity contribution >= 4 is 29.2 Å². The number of benzene rings is 1. The first-order valence-corrected chi connectivity index (χ1v) is 5.71. The van der Waals surface area contributed by atoms with E-state index in [0.717, 1.165) is 0 Å². The SMILES string of the molecule is CCOC(=O)c1cc(NC(=O)COC)ccc1Cl. The highest BCUT2D eigenvalue weighted by Crippen LogP contribution is 2.21. The minimum atomic E-state index is -0.523. The summed E-state index contributed by atoms with van der Waals surface area (Å²) in [5, 5.41) is 2.85. The zero-order chi connectivity index (χ0) is 13.5. The lowest BCUT2D eigenvalue weighted by Crippen LogP contribution is -2.17. The second-order valence-electron chi connectivity index (χ2n) is 3.40. The number of methoxy groups -OCH3 is 1. The summed E-state index contributed by atoms with van der Waals surface area (Å²) in [7, 11) is 1.42. The average molecular weight is 272 g/mol. The zero-order valence-corrected chi connectivity index (χ0v) is 10.9. The summed E-state index contributed by atoms with van der Waals surface area (Å²) in [6.07, 6.45) is 0. The van der Waals surface area contributed by atoms with E-state index in [1.165, 1.54) is 19.2 Å². The van der Waals surface area contributed by atoms with Crippen LogP contribution in [-0.2, 0) is 14.3 Å².